The van der Waals surface area contributed by atoms with E-state index in [-0.39, 0.29) is 0 Å². The minimum absolute atomic E-state index is 0.794. The summed E-state index contributed by atoms with van der Waals surface area (Å²) >= 11 is 0. The van der Waals surface area contributed by atoms with Gasteiger partial charge in [-0.15, -0.1) is 0 Å². The highest BCUT2D eigenvalue weighted by Gasteiger charge is 2.28. The summed E-state index contributed by atoms with van der Waals surface area (Å²) in [7, 11) is 0. The van der Waals surface area contributed by atoms with Crippen LogP contribution < -0.4 is 5.32 Å². The molecule has 1 aliphatic heterocycles. The lowest BCUT2D eigenvalue weighted by atomic mass is 9.97. The molecule has 1 unspecified atom stereocenters. The molecule has 13 heavy (non-hydrogen) atoms. The smallest absolute Gasteiger partial charge is 0.00645 e. The molecule has 1 atom stereocenters. The minimum Gasteiger partial charge on any atom is -0.316 e. The predicted octanol–water partition coefficient (Wildman–Crippen LogP) is 1.72. The molecule has 0 bridgehead atoms. The van der Waals surface area contributed by atoms with Crippen LogP contribution >= 0.6 is 0 Å². The molecule has 1 saturated heterocycles. The molecular weight excluding hydrogens is 160 g/mol. The molecule has 78 valence electrons. The first-order valence-electron chi connectivity index (χ1n) is 5.72. The third kappa shape index (κ3) is 3.28. The Morgan fingerprint density at radius 2 is 2.08 bits per heavy atom. The summed E-state index contributed by atoms with van der Waals surface area (Å²) in [4.78, 5) is 2.58. The summed E-state index contributed by atoms with van der Waals surface area (Å²) < 4.78 is 0. The number of nitrogens with zero attached hydrogens (tertiary/aromatic N) is 1. The van der Waals surface area contributed by atoms with Crippen molar-refractivity contribution < 1.29 is 0 Å². The molecular formula is C11H24N2. The zero-order valence-electron chi connectivity index (χ0n) is 9.34. The van der Waals surface area contributed by atoms with Crippen molar-refractivity contribution in [2.45, 2.75) is 39.7 Å². The minimum atomic E-state index is 0.794. The SMILES string of the molecule is CCCNCC1CN(C(C)CC)C1. The number of hydrogen-bond donors (Lipinski definition) is 1. The number of rotatable bonds is 6. The highest BCUT2D eigenvalue weighted by Crippen LogP contribution is 2.18. The zero-order valence-corrected chi connectivity index (χ0v) is 9.34. The molecule has 2 heteroatoms. The van der Waals surface area contributed by atoms with Crippen LogP contribution in [0, 0.1) is 5.92 Å². The van der Waals surface area contributed by atoms with Crippen LogP contribution in [0.5, 0.6) is 0 Å². The van der Waals surface area contributed by atoms with Crippen LogP contribution in [0.1, 0.15) is 33.6 Å². The Bertz CT molecular complexity index is 130. The van der Waals surface area contributed by atoms with Crippen molar-refractivity contribution in [1.82, 2.24) is 10.2 Å². The van der Waals surface area contributed by atoms with Gasteiger partial charge in [-0.25, -0.2) is 0 Å². The summed E-state index contributed by atoms with van der Waals surface area (Å²) in [5.41, 5.74) is 0. The summed E-state index contributed by atoms with van der Waals surface area (Å²) in [6.07, 6.45) is 2.54. The van der Waals surface area contributed by atoms with Gasteiger partial charge in [0, 0.05) is 25.7 Å². The maximum absolute atomic E-state index is 3.49. The molecule has 0 aliphatic carbocycles. The fourth-order valence-corrected chi connectivity index (χ4v) is 1.84. The van der Waals surface area contributed by atoms with Gasteiger partial charge in [0.15, 0.2) is 0 Å². The Labute approximate surface area is 82.7 Å². The van der Waals surface area contributed by atoms with E-state index in [9.17, 15) is 0 Å². The average molecular weight is 184 g/mol. The highest BCUT2D eigenvalue weighted by molar-refractivity contribution is 4.84. The van der Waals surface area contributed by atoms with Crippen LogP contribution in [-0.2, 0) is 0 Å². The fourth-order valence-electron chi connectivity index (χ4n) is 1.84. The highest BCUT2D eigenvalue weighted by atomic mass is 15.2. The van der Waals surface area contributed by atoms with Gasteiger partial charge in [0.25, 0.3) is 0 Å². The van der Waals surface area contributed by atoms with Crippen molar-refractivity contribution in [2.75, 3.05) is 26.2 Å². The van der Waals surface area contributed by atoms with Gasteiger partial charge < -0.3 is 5.32 Å². The second-order valence-corrected chi connectivity index (χ2v) is 4.28. The monoisotopic (exact) mass is 184 g/mol. The predicted molar refractivity (Wildman–Crippen MR) is 58.0 cm³/mol. The van der Waals surface area contributed by atoms with Crippen molar-refractivity contribution in [3.05, 3.63) is 0 Å². The van der Waals surface area contributed by atoms with Crippen LogP contribution in [0.2, 0.25) is 0 Å². The Hall–Kier alpha value is -0.0800. The molecule has 1 N–H and O–H groups in total. The summed E-state index contributed by atoms with van der Waals surface area (Å²) in [6.45, 7) is 11.8. The lowest BCUT2D eigenvalue weighted by molar-refractivity contribution is 0.0586. The second-order valence-electron chi connectivity index (χ2n) is 4.28. The van der Waals surface area contributed by atoms with Crippen molar-refractivity contribution in [3.8, 4) is 0 Å². The average Bonchev–Trinajstić information content (AvgIpc) is 2.08. The molecule has 0 radical (unpaired) electrons. The molecule has 0 aromatic carbocycles. The van der Waals surface area contributed by atoms with E-state index in [2.05, 4.69) is 31.0 Å². The molecule has 2 nitrogen and oxygen atoms in total. The van der Waals surface area contributed by atoms with E-state index in [0.717, 1.165) is 12.0 Å². The number of hydrogen-bond acceptors (Lipinski definition) is 2. The van der Waals surface area contributed by atoms with Gasteiger partial charge in [-0.05, 0) is 32.2 Å². The summed E-state index contributed by atoms with van der Waals surface area (Å²) in [6, 6.07) is 0.794. The van der Waals surface area contributed by atoms with Crippen molar-refractivity contribution in [2.24, 2.45) is 5.92 Å². The van der Waals surface area contributed by atoms with Crippen molar-refractivity contribution >= 4 is 0 Å². The Morgan fingerprint density at radius 3 is 2.62 bits per heavy atom. The van der Waals surface area contributed by atoms with Crippen LogP contribution in [0.3, 0.4) is 0 Å². The first-order chi connectivity index (χ1) is 6.27. The summed E-state index contributed by atoms with van der Waals surface area (Å²) in [5.74, 6) is 0.917. The van der Waals surface area contributed by atoms with Gasteiger partial charge in [-0.2, -0.15) is 0 Å². The Kier molecular flexibility index (Phi) is 4.74. The maximum atomic E-state index is 3.49. The molecule has 0 spiro atoms. The van der Waals surface area contributed by atoms with Gasteiger partial charge in [0.2, 0.25) is 0 Å². The second kappa shape index (κ2) is 5.61. The third-order valence-corrected chi connectivity index (χ3v) is 3.06. The lowest BCUT2D eigenvalue weighted by Gasteiger charge is -2.43. The fraction of sp³-hybridized carbons (Fsp3) is 1.00. The molecule has 0 saturated carbocycles. The molecule has 0 amide bonds. The first kappa shape index (κ1) is 11.0. The zero-order chi connectivity index (χ0) is 9.68. The molecule has 1 heterocycles. The van der Waals surface area contributed by atoms with E-state index in [0.29, 0.717) is 0 Å². The molecule has 0 aromatic heterocycles. The topological polar surface area (TPSA) is 15.3 Å². The molecule has 0 aromatic rings. The Morgan fingerprint density at radius 1 is 1.38 bits per heavy atom. The van der Waals surface area contributed by atoms with E-state index in [1.54, 1.807) is 0 Å². The largest absolute Gasteiger partial charge is 0.316 e. The molecule has 1 fully saturated rings. The quantitative estimate of drug-likeness (QED) is 0.632. The number of nitrogens with one attached hydrogen (secondary N) is 1. The third-order valence-electron chi connectivity index (χ3n) is 3.06. The van der Waals surface area contributed by atoms with E-state index in [1.165, 1.54) is 39.0 Å². The van der Waals surface area contributed by atoms with E-state index >= 15 is 0 Å². The Balaban J connectivity index is 1.98. The standard InChI is InChI=1S/C11H24N2/c1-4-6-12-7-11-8-13(9-11)10(3)5-2/h10-12H,4-9H2,1-3H3. The van der Waals surface area contributed by atoms with Crippen LogP contribution in [-0.4, -0.2) is 37.1 Å². The van der Waals surface area contributed by atoms with Gasteiger partial charge in [0.1, 0.15) is 0 Å². The van der Waals surface area contributed by atoms with E-state index < -0.39 is 0 Å². The van der Waals surface area contributed by atoms with Crippen molar-refractivity contribution in [1.29, 1.82) is 0 Å². The normalized spacial score (nSPS) is 21.5. The van der Waals surface area contributed by atoms with Gasteiger partial charge >= 0.3 is 0 Å². The van der Waals surface area contributed by atoms with Crippen molar-refractivity contribution in [3.63, 3.8) is 0 Å². The van der Waals surface area contributed by atoms with E-state index in [4.69, 9.17) is 0 Å². The molecule has 1 rings (SSSR count). The van der Waals surface area contributed by atoms with Gasteiger partial charge in [-0.3, -0.25) is 4.90 Å². The lowest BCUT2D eigenvalue weighted by Crippen LogP contribution is -2.54. The number of likely N-dealkylation sites (tertiary alicyclic amines) is 1. The summed E-state index contributed by atoms with van der Waals surface area (Å²) in [5, 5.41) is 3.49. The first-order valence-corrected chi connectivity index (χ1v) is 5.72. The molecule has 1 aliphatic rings. The van der Waals surface area contributed by atoms with Crippen LogP contribution in [0.25, 0.3) is 0 Å². The maximum Gasteiger partial charge on any atom is 0.00645 e. The van der Waals surface area contributed by atoms with E-state index in [1.807, 2.05) is 0 Å². The van der Waals surface area contributed by atoms with Gasteiger partial charge in [-0.1, -0.05) is 13.8 Å². The van der Waals surface area contributed by atoms with Crippen LogP contribution in [0.15, 0.2) is 0 Å². The van der Waals surface area contributed by atoms with Crippen LogP contribution in [0.4, 0.5) is 0 Å². The van der Waals surface area contributed by atoms with Gasteiger partial charge in [0.05, 0.1) is 0 Å².